The Morgan fingerprint density at radius 1 is 1.47 bits per heavy atom. The van der Waals surface area contributed by atoms with Crippen molar-refractivity contribution in [2.75, 3.05) is 13.1 Å². The molecule has 0 aromatic carbocycles. The topological polar surface area (TPSA) is 60.8 Å². The van der Waals surface area contributed by atoms with Gasteiger partial charge in [0.1, 0.15) is 0 Å². The highest BCUT2D eigenvalue weighted by Gasteiger charge is 2.32. The highest BCUT2D eigenvalue weighted by molar-refractivity contribution is 7.07. The molecule has 0 bridgehead atoms. The highest BCUT2D eigenvalue weighted by Crippen LogP contribution is 2.13. The number of aliphatic hydroxyl groups is 2. The third-order valence-electron chi connectivity index (χ3n) is 2.55. The molecule has 82 valence electrons. The molecular formula is C10H13NO3S. The van der Waals surface area contributed by atoms with Gasteiger partial charge in [0, 0.05) is 13.1 Å². The zero-order valence-electron chi connectivity index (χ0n) is 8.17. The average Bonchev–Trinajstić information content (AvgIpc) is 2.78. The summed E-state index contributed by atoms with van der Waals surface area (Å²) in [5.41, 5.74) is 0.987. The maximum Gasteiger partial charge on any atom is 0.227 e. The summed E-state index contributed by atoms with van der Waals surface area (Å²) in [6.07, 6.45) is -1.24. The molecule has 1 aromatic rings. The molecule has 0 aliphatic carbocycles. The van der Waals surface area contributed by atoms with E-state index in [2.05, 4.69) is 0 Å². The molecule has 2 heterocycles. The predicted molar refractivity (Wildman–Crippen MR) is 56.6 cm³/mol. The molecule has 0 spiro atoms. The van der Waals surface area contributed by atoms with Gasteiger partial charge in [0.15, 0.2) is 0 Å². The minimum Gasteiger partial charge on any atom is -0.388 e. The molecule has 1 saturated heterocycles. The molecule has 1 aliphatic rings. The summed E-state index contributed by atoms with van der Waals surface area (Å²) >= 11 is 1.56. The van der Waals surface area contributed by atoms with E-state index in [-0.39, 0.29) is 19.0 Å². The van der Waals surface area contributed by atoms with Crippen LogP contribution < -0.4 is 0 Å². The molecule has 2 atom stereocenters. The summed E-state index contributed by atoms with van der Waals surface area (Å²) in [5.74, 6) is -0.0380. The van der Waals surface area contributed by atoms with Gasteiger partial charge in [-0.3, -0.25) is 4.79 Å². The second-order valence-electron chi connectivity index (χ2n) is 3.74. The number of amides is 1. The van der Waals surface area contributed by atoms with Crippen LogP contribution in [-0.4, -0.2) is 46.3 Å². The summed E-state index contributed by atoms with van der Waals surface area (Å²) in [6.45, 7) is 0.480. The zero-order valence-corrected chi connectivity index (χ0v) is 8.98. The van der Waals surface area contributed by atoms with Crippen LogP contribution >= 0.6 is 11.3 Å². The second kappa shape index (κ2) is 4.30. The minimum atomic E-state index is -0.795. The van der Waals surface area contributed by atoms with Crippen molar-refractivity contribution in [1.82, 2.24) is 4.90 Å². The van der Waals surface area contributed by atoms with Gasteiger partial charge in [0.2, 0.25) is 5.91 Å². The first kappa shape index (κ1) is 10.6. The summed E-state index contributed by atoms with van der Waals surface area (Å²) < 4.78 is 0. The first-order chi connectivity index (χ1) is 7.16. The van der Waals surface area contributed by atoms with Crippen molar-refractivity contribution in [2.45, 2.75) is 18.6 Å². The van der Waals surface area contributed by atoms with Crippen molar-refractivity contribution >= 4 is 17.2 Å². The Balaban J connectivity index is 1.92. The van der Waals surface area contributed by atoms with Crippen LogP contribution in [0.5, 0.6) is 0 Å². The van der Waals surface area contributed by atoms with E-state index in [9.17, 15) is 15.0 Å². The molecule has 4 nitrogen and oxygen atoms in total. The van der Waals surface area contributed by atoms with Crippen LogP contribution in [0.3, 0.4) is 0 Å². The van der Waals surface area contributed by atoms with E-state index in [1.165, 1.54) is 4.90 Å². The van der Waals surface area contributed by atoms with Gasteiger partial charge < -0.3 is 15.1 Å². The Kier molecular flexibility index (Phi) is 3.04. The lowest BCUT2D eigenvalue weighted by Gasteiger charge is -2.14. The Morgan fingerprint density at radius 2 is 2.13 bits per heavy atom. The Labute approximate surface area is 91.8 Å². The largest absolute Gasteiger partial charge is 0.388 e. The van der Waals surface area contributed by atoms with E-state index in [4.69, 9.17) is 0 Å². The third kappa shape index (κ3) is 2.37. The van der Waals surface area contributed by atoms with Gasteiger partial charge in [0.25, 0.3) is 0 Å². The molecule has 0 unspecified atom stereocenters. The number of aliphatic hydroxyl groups excluding tert-OH is 2. The van der Waals surface area contributed by atoms with Gasteiger partial charge in [-0.1, -0.05) is 0 Å². The fourth-order valence-corrected chi connectivity index (χ4v) is 2.32. The fourth-order valence-electron chi connectivity index (χ4n) is 1.65. The smallest absolute Gasteiger partial charge is 0.227 e. The molecule has 1 aromatic heterocycles. The number of hydrogen-bond acceptors (Lipinski definition) is 4. The van der Waals surface area contributed by atoms with Gasteiger partial charge >= 0.3 is 0 Å². The second-order valence-corrected chi connectivity index (χ2v) is 4.52. The van der Waals surface area contributed by atoms with E-state index in [0.29, 0.717) is 6.42 Å². The SMILES string of the molecule is O=C(Cc1ccsc1)N1C[C@@H](O)[C@@H](O)C1. The van der Waals surface area contributed by atoms with Gasteiger partial charge in [-0.25, -0.2) is 0 Å². The standard InChI is InChI=1S/C10H13NO3S/c12-8-4-11(5-9(8)13)10(14)3-7-1-2-15-6-7/h1-2,6,8-9,12-13H,3-5H2/t8-,9+. The highest BCUT2D eigenvalue weighted by atomic mass is 32.1. The summed E-state index contributed by atoms with van der Waals surface area (Å²) in [5, 5.41) is 22.5. The lowest BCUT2D eigenvalue weighted by Crippen LogP contribution is -2.31. The van der Waals surface area contributed by atoms with E-state index in [1.807, 2.05) is 16.8 Å². The minimum absolute atomic E-state index is 0.0380. The van der Waals surface area contributed by atoms with Gasteiger partial charge in [-0.2, -0.15) is 11.3 Å². The van der Waals surface area contributed by atoms with Crippen LogP contribution in [-0.2, 0) is 11.2 Å². The molecule has 0 saturated carbocycles. The number of thiophene rings is 1. The van der Waals surface area contributed by atoms with Crippen LogP contribution in [0.2, 0.25) is 0 Å². The van der Waals surface area contributed by atoms with Crippen LogP contribution in [0, 0.1) is 0 Å². The Bertz CT molecular complexity index is 328. The number of carbonyl (C=O) groups excluding carboxylic acids is 1. The number of carbonyl (C=O) groups is 1. The molecule has 5 heteroatoms. The van der Waals surface area contributed by atoms with E-state index in [1.54, 1.807) is 11.3 Å². The van der Waals surface area contributed by atoms with E-state index in [0.717, 1.165) is 5.56 Å². The number of nitrogens with zero attached hydrogens (tertiary/aromatic N) is 1. The number of β-amino-alcohol motifs (C(OH)–C–C–N with tert-alkyl or cyclic N) is 2. The molecule has 15 heavy (non-hydrogen) atoms. The summed E-state index contributed by atoms with van der Waals surface area (Å²) in [6, 6.07) is 1.91. The van der Waals surface area contributed by atoms with Crippen molar-refractivity contribution in [1.29, 1.82) is 0 Å². The van der Waals surface area contributed by atoms with Crippen LogP contribution in [0.25, 0.3) is 0 Å². The monoisotopic (exact) mass is 227 g/mol. The van der Waals surface area contributed by atoms with Crippen LogP contribution in [0.15, 0.2) is 16.8 Å². The lowest BCUT2D eigenvalue weighted by molar-refractivity contribution is -0.129. The normalized spacial score (nSPS) is 25.9. The molecular weight excluding hydrogens is 214 g/mol. The van der Waals surface area contributed by atoms with Crippen molar-refractivity contribution in [3.05, 3.63) is 22.4 Å². The van der Waals surface area contributed by atoms with Gasteiger partial charge in [0.05, 0.1) is 18.6 Å². The zero-order chi connectivity index (χ0) is 10.8. The van der Waals surface area contributed by atoms with Crippen LogP contribution in [0.1, 0.15) is 5.56 Å². The molecule has 1 amide bonds. The fraction of sp³-hybridized carbons (Fsp3) is 0.500. The molecule has 1 aliphatic heterocycles. The molecule has 1 fully saturated rings. The first-order valence-electron chi connectivity index (χ1n) is 4.82. The van der Waals surface area contributed by atoms with Gasteiger partial charge in [-0.05, 0) is 22.4 Å². The molecule has 2 rings (SSSR count). The third-order valence-corrected chi connectivity index (χ3v) is 3.28. The van der Waals surface area contributed by atoms with Crippen LogP contribution in [0.4, 0.5) is 0 Å². The maximum absolute atomic E-state index is 11.7. The Morgan fingerprint density at radius 3 is 2.67 bits per heavy atom. The van der Waals surface area contributed by atoms with E-state index >= 15 is 0 Å². The van der Waals surface area contributed by atoms with Gasteiger partial charge in [-0.15, -0.1) is 0 Å². The Hall–Kier alpha value is -0.910. The van der Waals surface area contributed by atoms with E-state index < -0.39 is 12.2 Å². The summed E-state index contributed by atoms with van der Waals surface area (Å²) in [7, 11) is 0. The predicted octanol–water partition coefficient (Wildman–Crippen LogP) is -0.145. The number of likely N-dealkylation sites (tertiary alicyclic amines) is 1. The molecule has 2 N–H and O–H groups in total. The maximum atomic E-state index is 11.7. The van der Waals surface area contributed by atoms with Crippen molar-refractivity contribution in [3.63, 3.8) is 0 Å². The molecule has 0 radical (unpaired) electrons. The lowest BCUT2D eigenvalue weighted by atomic mass is 10.2. The van der Waals surface area contributed by atoms with Crippen molar-refractivity contribution in [3.8, 4) is 0 Å². The van der Waals surface area contributed by atoms with Crippen molar-refractivity contribution < 1.29 is 15.0 Å². The van der Waals surface area contributed by atoms with Crippen molar-refractivity contribution in [2.24, 2.45) is 0 Å². The first-order valence-corrected chi connectivity index (χ1v) is 5.76. The summed E-state index contributed by atoms with van der Waals surface area (Å²) in [4.78, 5) is 13.2. The number of rotatable bonds is 2. The quantitative estimate of drug-likeness (QED) is 0.739. The number of hydrogen-bond donors (Lipinski definition) is 2. The average molecular weight is 227 g/mol.